The van der Waals surface area contributed by atoms with E-state index < -0.39 is 5.97 Å². The summed E-state index contributed by atoms with van der Waals surface area (Å²) in [6.07, 6.45) is 1.87. The molecule has 0 unspecified atom stereocenters. The highest BCUT2D eigenvalue weighted by Crippen LogP contribution is 2.17. The zero-order chi connectivity index (χ0) is 11.1. The predicted octanol–water partition coefficient (Wildman–Crippen LogP) is 2.19. The summed E-state index contributed by atoms with van der Waals surface area (Å²) in [6, 6.07) is 10.6. The van der Waals surface area contributed by atoms with Crippen molar-refractivity contribution in [3.05, 3.63) is 48.2 Å². The molecule has 78 valence electrons. The maximum absolute atomic E-state index is 10.9. The van der Waals surface area contributed by atoms with Gasteiger partial charge in [-0.1, -0.05) is 6.07 Å². The molecule has 0 saturated carbocycles. The minimum atomic E-state index is -0.923. The molecule has 4 heteroatoms. The Morgan fingerprint density at radius 3 is 2.94 bits per heavy atom. The van der Waals surface area contributed by atoms with Crippen molar-refractivity contribution in [3.8, 4) is 0 Å². The van der Waals surface area contributed by atoms with E-state index in [1.54, 1.807) is 18.2 Å². The molecule has 0 aliphatic carbocycles. The van der Waals surface area contributed by atoms with Gasteiger partial charge in [0.2, 0.25) is 0 Å². The average Bonchev–Trinajstić information content (AvgIpc) is 2.66. The number of aromatic carboxylic acids is 1. The smallest absolute Gasteiger partial charge is 0.335 e. The number of carboxylic acids is 1. The molecular weight excluding hydrogens is 204 g/mol. The lowest BCUT2D eigenvalue weighted by Crippen LogP contribution is -1.95. The molecule has 0 amide bonds. The van der Waals surface area contributed by atoms with E-state index in [0.29, 0.717) is 0 Å². The summed E-state index contributed by atoms with van der Waals surface area (Å²) in [5, 5.41) is 8.92. The van der Waals surface area contributed by atoms with Gasteiger partial charge in [0.15, 0.2) is 0 Å². The number of carbonyl (C=O) groups is 1. The van der Waals surface area contributed by atoms with Gasteiger partial charge in [0, 0.05) is 6.20 Å². The fourth-order valence-corrected chi connectivity index (χ4v) is 1.80. The first-order chi connectivity index (χ1) is 7.75. The number of pyridine rings is 1. The topological polar surface area (TPSA) is 54.6 Å². The van der Waals surface area contributed by atoms with Crippen molar-refractivity contribution in [1.29, 1.82) is 0 Å². The van der Waals surface area contributed by atoms with Crippen molar-refractivity contribution in [2.24, 2.45) is 0 Å². The third kappa shape index (κ3) is 1.16. The van der Waals surface area contributed by atoms with Crippen LogP contribution in [0.3, 0.4) is 0 Å². The van der Waals surface area contributed by atoms with Crippen LogP contribution in [0.1, 0.15) is 10.4 Å². The Morgan fingerprint density at radius 1 is 1.25 bits per heavy atom. The largest absolute Gasteiger partial charge is 0.478 e. The van der Waals surface area contributed by atoms with E-state index in [2.05, 4.69) is 4.98 Å². The maximum Gasteiger partial charge on any atom is 0.335 e. The summed E-state index contributed by atoms with van der Waals surface area (Å²) in [6.45, 7) is 0. The van der Waals surface area contributed by atoms with E-state index in [1.165, 1.54) is 0 Å². The first-order valence-electron chi connectivity index (χ1n) is 4.86. The number of rotatable bonds is 1. The number of carboxylic acid groups (broad SMARTS) is 1. The molecule has 1 N–H and O–H groups in total. The van der Waals surface area contributed by atoms with Gasteiger partial charge in [-0.05, 0) is 30.3 Å². The second-order valence-corrected chi connectivity index (χ2v) is 3.55. The minimum absolute atomic E-state index is 0.276. The number of imidazole rings is 1. The summed E-state index contributed by atoms with van der Waals surface area (Å²) in [5.41, 5.74) is 2.71. The predicted molar refractivity (Wildman–Crippen MR) is 59.7 cm³/mol. The number of nitrogens with zero attached hydrogens (tertiary/aromatic N) is 2. The summed E-state index contributed by atoms with van der Waals surface area (Å²) in [5.74, 6) is -0.923. The molecule has 1 aromatic carbocycles. The minimum Gasteiger partial charge on any atom is -0.478 e. The molecule has 3 aromatic rings. The third-order valence-electron chi connectivity index (χ3n) is 2.56. The van der Waals surface area contributed by atoms with Crippen LogP contribution in [0, 0.1) is 0 Å². The van der Waals surface area contributed by atoms with Crippen molar-refractivity contribution >= 4 is 22.6 Å². The fourth-order valence-electron chi connectivity index (χ4n) is 1.80. The number of fused-ring (bicyclic) bond motifs is 3. The van der Waals surface area contributed by atoms with Gasteiger partial charge in [0.25, 0.3) is 0 Å². The Kier molecular flexibility index (Phi) is 1.71. The van der Waals surface area contributed by atoms with Crippen LogP contribution >= 0.6 is 0 Å². The van der Waals surface area contributed by atoms with E-state index in [0.717, 1.165) is 16.7 Å². The first kappa shape index (κ1) is 8.91. The van der Waals surface area contributed by atoms with Gasteiger partial charge in [-0.25, -0.2) is 9.78 Å². The lowest BCUT2D eigenvalue weighted by molar-refractivity contribution is 0.0697. The van der Waals surface area contributed by atoms with Crippen molar-refractivity contribution < 1.29 is 9.90 Å². The molecule has 16 heavy (non-hydrogen) atoms. The van der Waals surface area contributed by atoms with Crippen LogP contribution in [0.2, 0.25) is 0 Å². The molecule has 0 aliphatic rings. The van der Waals surface area contributed by atoms with Crippen LogP contribution in [0.5, 0.6) is 0 Å². The third-order valence-corrected chi connectivity index (χ3v) is 2.56. The van der Waals surface area contributed by atoms with E-state index in [4.69, 9.17) is 5.11 Å². The van der Waals surface area contributed by atoms with E-state index in [-0.39, 0.29) is 5.56 Å². The second-order valence-electron chi connectivity index (χ2n) is 3.55. The molecule has 4 nitrogen and oxygen atoms in total. The molecular formula is C12H8N2O2. The Hall–Kier alpha value is -2.36. The van der Waals surface area contributed by atoms with Gasteiger partial charge in [-0.3, -0.25) is 4.40 Å². The van der Waals surface area contributed by atoms with Crippen LogP contribution in [-0.2, 0) is 0 Å². The van der Waals surface area contributed by atoms with Gasteiger partial charge in [-0.2, -0.15) is 0 Å². The number of aromatic nitrogens is 2. The zero-order valence-electron chi connectivity index (χ0n) is 8.29. The molecule has 2 aromatic heterocycles. The van der Waals surface area contributed by atoms with Crippen molar-refractivity contribution in [1.82, 2.24) is 9.38 Å². The normalized spacial score (nSPS) is 11.0. The summed E-state index contributed by atoms with van der Waals surface area (Å²) >= 11 is 0. The highest BCUT2D eigenvalue weighted by Gasteiger charge is 2.07. The summed E-state index contributed by atoms with van der Waals surface area (Å²) < 4.78 is 1.88. The monoisotopic (exact) mass is 212 g/mol. The van der Waals surface area contributed by atoms with Crippen LogP contribution < -0.4 is 0 Å². The number of benzene rings is 1. The Morgan fingerprint density at radius 2 is 2.12 bits per heavy atom. The van der Waals surface area contributed by atoms with Crippen molar-refractivity contribution in [2.75, 3.05) is 0 Å². The fraction of sp³-hybridized carbons (Fsp3) is 0. The molecule has 0 aliphatic heterocycles. The number of hydrogen-bond donors (Lipinski definition) is 1. The maximum atomic E-state index is 10.9. The molecule has 2 heterocycles. The molecule has 0 radical (unpaired) electrons. The van der Waals surface area contributed by atoms with Crippen molar-refractivity contribution in [2.45, 2.75) is 0 Å². The van der Waals surface area contributed by atoms with Gasteiger partial charge >= 0.3 is 5.97 Å². The molecule has 3 rings (SSSR count). The zero-order valence-corrected chi connectivity index (χ0v) is 8.29. The van der Waals surface area contributed by atoms with E-state index in [9.17, 15) is 4.79 Å². The van der Waals surface area contributed by atoms with Crippen LogP contribution in [0.4, 0.5) is 0 Å². The highest BCUT2D eigenvalue weighted by molar-refractivity contribution is 5.93. The van der Waals surface area contributed by atoms with E-state index in [1.807, 2.05) is 28.8 Å². The molecule has 0 bridgehead atoms. The van der Waals surface area contributed by atoms with Gasteiger partial charge in [-0.15, -0.1) is 0 Å². The molecule has 0 spiro atoms. The Bertz CT molecular complexity index is 700. The Balaban J connectivity index is 2.44. The molecule has 0 atom stereocenters. The molecule has 0 saturated heterocycles. The SMILES string of the molecule is O=C(O)c1ccc2nc3ccccn3c2c1. The Labute approximate surface area is 90.8 Å². The van der Waals surface area contributed by atoms with E-state index >= 15 is 0 Å². The summed E-state index contributed by atoms with van der Waals surface area (Å²) in [7, 11) is 0. The van der Waals surface area contributed by atoms with Gasteiger partial charge < -0.3 is 5.11 Å². The average molecular weight is 212 g/mol. The first-order valence-corrected chi connectivity index (χ1v) is 4.86. The standard InChI is InChI=1S/C12H8N2O2/c15-12(16)8-4-5-9-10(7-8)14-6-2-1-3-11(14)13-9/h1-7H,(H,15,16). The summed E-state index contributed by atoms with van der Waals surface area (Å²) in [4.78, 5) is 15.3. The number of hydrogen-bond acceptors (Lipinski definition) is 2. The highest BCUT2D eigenvalue weighted by atomic mass is 16.4. The lowest BCUT2D eigenvalue weighted by atomic mass is 10.2. The van der Waals surface area contributed by atoms with Crippen LogP contribution in [0.15, 0.2) is 42.6 Å². The van der Waals surface area contributed by atoms with Crippen LogP contribution in [-0.4, -0.2) is 20.5 Å². The molecule has 0 fully saturated rings. The van der Waals surface area contributed by atoms with Crippen molar-refractivity contribution in [3.63, 3.8) is 0 Å². The van der Waals surface area contributed by atoms with Gasteiger partial charge in [0.05, 0.1) is 16.6 Å². The van der Waals surface area contributed by atoms with Crippen LogP contribution in [0.25, 0.3) is 16.7 Å². The van der Waals surface area contributed by atoms with Gasteiger partial charge in [0.1, 0.15) is 5.65 Å². The quantitative estimate of drug-likeness (QED) is 0.672. The lowest BCUT2D eigenvalue weighted by Gasteiger charge is -1.96. The second kappa shape index (κ2) is 3.06.